The quantitative estimate of drug-likeness (QED) is 0.757. The van der Waals surface area contributed by atoms with Crippen molar-refractivity contribution >= 4 is 39.9 Å². The number of hydrogen-bond donors (Lipinski definition) is 2. The number of benzene rings is 1. The zero-order valence-corrected chi connectivity index (χ0v) is 12.8. The van der Waals surface area contributed by atoms with E-state index >= 15 is 0 Å². The Bertz CT molecular complexity index is 360. The minimum Gasteiger partial charge on any atom is -0.389 e. The maximum atomic E-state index is 9.69. The van der Waals surface area contributed by atoms with E-state index in [-0.39, 0.29) is 6.10 Å². The van der Waals surface area contributed by atoms with Gasteiger partial charge in [-0.05, 0) is 54.6 Å². The van der Waals surface area contributed by atoms with Gasteiger partial charge >= 0.3 is 0 Å². The van der Waals surface area contributed by atoms with Gasteiger partial charge in [-0.1, -0.05) is 11.6 Å². The third kappa shape index (κ3) is 5.90. The molecule has 0 radical (unpaired) electrons. The first-order valence-electron chi connectivity index (χ1n) is 5.47. The van der Waals surface area contributed by atoms with Gasteiger partial charge in [0.25, 0.3) is 0 Å². The largest absolute Gasteiger partial charge is 0.389 e. The van der Waals surface area contributed by atoms with Crippen LogP contribution in [-0.4, -0.2) is 30.5 Å². The molecule has 0 aliphatic rings. The molecule has 3 nitrogen and oxygen atoms in total. The molecule has 0 amide bonds. The third-order valence-corrected chi connectivity index (χ3v) is 3.21. The molecule has 1 unspecified atom stereocenters. The predicted octanol–water partition coefficient (Wildman–Crippen LogP) is 3.14. The second-order valence-corrected chi connectivity index (χ2v) is 5.64. The number of ether oxygens (including phenoxy) is 1. The molecule has 0 heterocycles. The monoisotopic (exact) mass is 369 g/mol. The number of aliphatic hydroxyl groups is 1. The fourth-order valence-corrected chi connectivity index (χ4v) is 2.29. The van der Waals surface area contributed by atoms with Crippen LogP contribution in [0.15, 0.2) is 18.2 Å². The van der Waals surface area contributed by atoms with Crippen LogP contribution in [0, 0.1) is 3.57 Å². The SMILES string of the molecule is CC(C)OCC(O)CNc1ccc(Cl)cc1I. The first-order chi connectivity index (χ1) is 7.99. The summed E-state index contributed by atoms with van der Waals surface area (Å²) in [5, 5.41) is 13.6. The molecule has 1 aromatic carbocycles. The summed E-state index contributed by atoms with van der Waals surface area (Å²) < 4.78 is 6.36. The van der Waals surface area contributed by atoms with Crippen molar-refractivity contribution in [3.8, 4) is 0 Å². The van der Waals surface area contributed by atoms with Crippen molar-refractivity contribution in [1.82, 2.24) is 0 Å². The Kier molecular flexibility index (Phi) is 6.54. The number of anilines is 1. The highest BCUT2D eigenvalue weighted by Gasteiger charge is 2.07. The van der Waals surface area contributed by atoms with Crippen LogP contribution in [0.25, 0.3) is 0 Å². The highest BCUT2D eigenvalue weighted by atomic mass is 127. The number of nitrogens with one attached hydrogen (secondary N) is 1. The fraction of sp³-hybridized carbons (Fsp3) is 0.500. The second-order valence-electron chi connectivity index (χ2n) is 4.04. The van der Waals surface area contributed by atoms with Crippen LogP contribution < -0.4 is 5.32 Å². The molecule has 0 aliphatic carbocycles. The summed E-state index contributed by atoms with van der Waals surface area (Å²) in [5.41, 5.74) is 0.971. The molecule has 0 bridgehead atoms. The Morgan fingerprint density at radius 2 is 2.18 bits per heavy atom. The Morgan fingerprint density at radius 1 is 1.47 bits per heavy atom. The Morgan fingerprint density at radius 3 is 2.76 bits per heavy atom. The Balaban J connectivity index is 2.39. The molecule has 1 atom stereocenters. The van der Waals surface area contributed by atoms with Crippen LogP contribution in [0.4, 0.5) is 5.69 Å². The van der Waals surface area contributed by atoms with Crippen LogP contribution in [0.5, 0.6) is 0 Å². The van der Waals surface area contributed by atoms with E-state index in [1.54, 1.807) is 0 Å². The highest BCUT2D eigenvalue weighted by molar-refractivity contribution is 14.1. The first kappa shape index (κ1) is 15.0. The van der Waals surface area contributed by atoms with Crippen molar-refractivity contribution in [2.75, 3.05) is 18.5 Å². The molecule has 0 aliphatic heterocycles. The first-order valence-corrected chi connectivity index (χ1v) is 6.93. The molecular weight excluding hydrogens is 352 g/mol. The van der Waals surface area contributed by atoms with Gasteiger partial charge in [-0.15, -0.1) is 0 Å². The molecule has 0 saturated carbocycles. The molecular formula is C12H17ClINO2. The van der Waals surface area contributed by atoms with E-state index in [0.717, 1.165) is 9.26 Å². The van der Waals surface area contributed by atoms with Gasteiger partial charge < -0.3 is 15.2 Å². The summed E-state index contributed by atoms with van der Waals surface area (Å²) in [6.07, 6.45) is -0.371. The Labute approximate surface area is 121 Å². The van der Waals surface area contributed by atoms with E-state index in [0.29, 0.717) is 18.2 Å². The van der Waals surface area contributed by atoms with Crippen molar-refractivity contribution in [1.29, 1.82) is 0 Å². The highest BCUT2D eigenvalue weighted by Crippen LogP contribution is 2.22. The van der Waals surface area contributed by atoms with Crippen LogP contribution in [0.3, 0.4) is 0 Å². The summed E-state index contributed by atoms with van der Waals surface area (Å²) in [6, 6.07) is 5.60. The smallest absolute Gasteiger partial charge is 0.0945 e. The summed E-state index contributed by atoms with van der Waals surface area (Å²) in [5.74, 6) is 0. The van der Waals surface area contributed by atoms with Gasteiger partial charge in [-0.2, -0.15) is 0 Å². The summed E-state index contributed by atoms with van der Waals surface area (Å²) in [4.78, 5) is 0. The van der Waals surface area contributed by atoms with Crippen molar-refractivity contribution in [2.24, 2.45) is 0 Å². The van der Waals surface area contributed by atoms with Crippen molar-refractivity contribution < 1.29 is 9.84 Å². The van der Waals surface area contributed by atoms with E-state index in [1.807, 2.05) is 32.0 Å². The summed E-state index contributed by atoms with van der Waals surface area (Å²) in [7, 11) is 0. The zero-order chi connectivity index (χ0) is 12.8. The minimum atomic E-state index is -0.510. The van der Waals surface area contributed by atoms with Crippen LogP contribution in [-0.2, 0) is 4.74 Å². The van der Waals surface area contributed by atoms with E-state index in [1.165, 1.54) is 0 Å². The van der Waals surface area contributed by atoms with Gasteiger partial charge in [-0.3, -0.25) is 0 Å². The van der Waals surface area contributed by atoms with Crippen LogP contribution in [0.2, 0.25) is 5.02 Å². The fourth-order valence-electron chi connectivity index (χ4n) is 1.22. The normalized spacial score (nSPS) is 12.8. The van der Waals surface area contributed by atoms with Crippen molar-refractivity contribution in [3.05, 3.63) is 26.8 Å². The maximum Gasteiger partial charge on any atom is 0.0945 e. The van der Waals surface area contributed by atoms with Gasteiger partial charge in [0.2, 0.25) is 0 Å². The van der Waals surface area contributed by atoms with Gasteiger partial charge in [0.05, 0.1) is 18.8 Å². The molecule has 5 heteroatoms. The molecule has 1 rings (SSSR count). The van der Waals surface area contributed by atoms with E-state index in [9.17, 15) is 5.11 Å². The van der Waals surface area contributed by atoms with E-state index in [2.05, 4.69) is 27.9 Å². The van der Waals surface area contributed by atoms with Crippen molar-refractivity contribution in [3.63, 3.8) is 0 Å². The topological polar surface area (TPSA) is 41.5 Å². The second kappa shape index (κ2) is 7.41. The molecule has 0 aromatic heterocycles. The average Bonchev–Trinajstić information content (AvgIpc) is 2.25. The lowest BCUT2D eigenvalue weighted by molar-refractivity contribution is 0.0112. The summed E-state index contributed by atoms with van der Waals surface area (Å²) >= 11 is 8.07. The predicted molar refractivity (Wildman–Crippen MR) is 79.8 cm³/mol. The van der Waals surface area contributed by atoms with E-state index < -0.39 is 6.10 Å². The minimum absolute atomic E-state index is 0.139. The van der Waals surface area contributed by atoms with Gasteiger partial charge in [0.15, 0.2) is 0 Å². The number of halogens is 2. The van der Waals surface area contributed by atoms with Crippen LogP contribution >= 0.6 is 34.2 Å². The van der Waals surface area contributed by atoms with Crippen LogP contribution in [0.1, 0.15) is 13.8 Å². The van der Waals surface area contributed by atoms with Gasteiger partial charge in [0, 0.05) is 20.8 Å². The number of hydrogen-bond acceptors (Lipinski definition) is 3. The molecule has 1 aromatic rings. The number of aliphatic hydroxyl groups excluding tert-OH is 1. The lowest BCUT2D eigenvalue weighted by Gasteiger charge is -2.15. The third-order valence-electron chi connectivity index (χ3n) is 2.08. The molecule has 2 N–H and O–H groups in total. The van der Waals surface area contributed by atoms with Crippen molar-refractivity contribution in [2.45, 2.75) is 26.1 Å². The zero-order valence-electron chi connectivity index (χ0n) is 9.91. The Hall–Kier alpha value is -0.0400. The molecule has 0 spiro atoms. The van der Waals surface area contributed by atoms with E-state index in [4.69, 9.17) is 16.3 Å². The maximum absolute atomic E-state index is 9.69. The standard InChI is InChI=1S/C12H17ClINO2/c1-8(2)17-7-10(16)6-15-12-4-3-9(13)5-11(12)14/h3-5,8,10,15-16H,6-7H2,1-2H3. The lowest BCUT2D eigenvalue weighted by Crippen LogP contribution is -2.26. The molecule has 17 heavy (non-hydrogen) atoms. The molecule has 0 saturated heterocycles. The van der Waals surface area contributed by atoms with Gasteiger partial charge in [0.1, 0.15) is 0 Å². The molecule has 96 valence electrons. The van der Waals surface area contributed by atoms with Gasteiger partial charge in [-0.25, -0.2) is 0 Å². The number of rotatable bonds is 6. The molecule has 0 fully saturated rings. The lowest BCUT2D eigenvalue weighted by atomic mass is 10.3. The summed E-state index contributed by atoms with van der Waals surface area (Å²) in [6.45, 7) is 4.70. The average molecular weight is 370 g/mol.